The third-order valence-electron chi connectivity index (χ3n) is 0.500. The summed E-state index contributed by atoms with van der Waals surface area (Å²) in [5.41, 5.74) is 0. The number of carbonyl (C=O) groups excluding carboxylic acids is 1. The monoisotopic (exact) mass is 385 g/mol. The molecule has 0 N–H and O–H groups in total. The van der Waals surface area contributed by atoms with E-state index in [1.54, 1.807) is 6.92 Å². The predicted molar refractivity (Wildman–Crippen MR) is 74.2 cm³/mol. The van der Waals surface area contributed by atoms with Crippen molar-refractivity contribution >= 4 is 6.79 Å². The van der Waals surface area contributed by atoms with Gasteiger partial charge in [-0.05, 0) is 0 Å². The summed E-state index contributed by atoms with van der Waals surface area (Å²) >= 11 is 0. The molecule has 0 aromatic heterocycles. The molecule has 0 aromatic rings. The Morgan fingerprint density at radius 3 is 0.875 bits per heavy atom. The summed E-state index contributed by atoms with van der Waals surface area (Å²) in [6, 6.07) is 0. The molecule has 1 nitrogen and oxygen atoms in total. The van der Waals surface area contributed by atoms with Gasteiger partial charge in [0.1, 0.15) is 0 Å². The van der Waals surface area contributed by atoms with Crippen molar-refractivity contribution in [1.29, 1.82) is 0 Å². The van der Waals surface area contributed by atoms with Crippen molar-refractivity contribution in [2.24, 2.45) is 0 Å². The summed E-state index contributed by atoms with van der Waals surface area (Å²) in [6.07, 6.45) is 3.89. The Kier molecular flexibility index (Phi) is 722. The number of hydrogen-bond acceptors (Lipinski definition) is 1. The second-order valence-electron chi connectivity index (χ2n) is 1.71. The van der Waals surface area contributed by atoms with Gasteiger partial charge in [0.15, 0.2) is 0 Å². The Labute approximate surface area is 158 Å². The van der Waals surface area contributed by atoms with Crippen molar-refractivity contribution < 1.29 is 70.2 Å². The molecule has 0 spiro atoms. The van der Waals surface area contributed by atoms with E-state index < -0.39 is 0 Å². The summed E-state index contributed by atoms with van der Waals surface area (Å²) in [4.78, 5) is 7.75. The smallest absolute Gasteiger partial charge is 0 e. The number of hydrogen-bond donors (Lipinski definition) is 0. The average molecular weight is 385 g/mol. The minimum atomic E-state index is 0. The zero-order valence-corrected chi connectivity index (χ0v) is 16.6. The van der Waals surface area contributed by atoms with Gasteiger partial charge in [-0.3, -0.25) is 6.79 Å². The van der Waals surface area contributed by atoms with E-state index >= 15 is 0 Å². The maximum absolute atomic E-state index is 7.75. The van der Waals surface area contributed by atoms with Crippen LogP contribution in [0.4, 0.5) is 0 Å². The molecular formula is C13H35OY2-3. The van der Waals surface area contributed by atoms with Crippen LogP contribution < -0.4 is 0 Å². The minimum absolute atomic E-state index is 0. The molecule has 3 heteroatoms. The second-order valence-corrected chi connectivity index (χ2v) is 1.71. The van der Waals surface area contributed by atoms with E-state index in [9.17, 15) is 0 Å². The van der Waals surface area contributed by atoms with Crippen molar-refractivity contribution in [2.45, 2.75) is 68.7 Å². The SMILES string of the molecule is C.C.CCC.CCCC.[CH-]=O.[CH2-]C.[CH3-].[Y].[Y]. The van der Waals surface area contributed by atoms with Gasteiger partial charge in [-0.25, -0.2) is 0 Å². The van der Waals surface area contributed by atoms with Crippen LogP contribution in [-0.4, -0.2) is 6.79 Å². The first-order valence-electron chi connectivity index (χ1n) is 4.27. The van der Waals surface area contributed by atoms with Gasteiger partial charge < -0.3 is 19.1 Å². The molecule has 0 amide bonds. The van der Waals surface area contributed by atoms with Gasteiger partial charge in [-0.2, -0.15) is 6.92 Å². The van der Waals surface area contributed by atoms with Gasteiger partial charge in [0.25, 0.3) is 0 Å². The van der Waals surface area contributed by atoms with Crippen LogP contribution in [0, 0.1) is 14.4 Å². The van der Waals surface area contributed by atoms with Crippen LogP contribution in [0.25, 0.3) is 0 Å². The van der Waals surface area contributed by atoms with Crippen LogP contribution in [0.5, 0.6) is 0 Å². The Morgan fingerprint density at radius 1 is 0.812 bits per heavy atom. The van der Waals surface area contributed by atoms with E-state index in [4.69, 9.17) is 4.79 Å². The van der Waals surface area contributed by atoms with Crippen molar-refractivity contribution in [2.75, 3.05) is 0 Å². The Balaban J connectivity index is -0.00000000547. The average Bonchev–Trinajstić information content (AvgIpc) is 2.12. The van der Waals surface area contributed by atoms with Gasteiger partial charge >= 0.3 is 0 Å². The Bertz CT molecular complexity index is 27.9. The molecule has 0 saturated heterocycles. The third-order valence-corrected chi connectivity index (χ3v) is 0.500. The number of unbranched alkanes of at least 4 members (excludes halogenated alkanes) is 1. The van der Waals surface area contributed by atoms with Crippen LogP contribution in [0.2, 0.25) is 0 Å². The molecule has 2 radical (unpaired) electrons. The van der Waals surface area contributed by atoms with E-state index in [0.717, 1.165) is 0 Å². The molecule has 0 atom stereocenters. The van der Waals surface area contributed by atoms with E-state index in [-0.39, 0.29) is 87.7 Å². The summed E-state index contributed by atoms with van der Waals surface area (Å²) in [5, 5.41) is 0. The molecule has 0 aliphatic rings. The van der Waals surface area contributed by atoms with Gasteiger partial charge in [0.2, 0.25) is 0 Å². The maximum atomic E-state index is 7.75. The Hall–Kier alpha value is 1.88. The first kappa shape index (κ1) is 64.6. The van der Waals surface area contributed by atoms with E-state index in [0.29, 0.717) is 0 Å². The molecule has 0 rings (SSSR count). The van der Waals surface area contributed by atoms with Gasteiger partial charge in [0, 0.05) is 65.4 Å². The van der Waals surface area contributed by atoms with Crippen LogP contribution in [0.15, 0.2) is 0 Å². The van der Waals surface area contributed by atoms with E-state index in [1.807, 2.05) is 0 Å². The standard InChI is InChI=1S/C4H10.C3H8.C2H5.CHO.2CH4.CH3.2Y/c1-3-4-2;1-3-2;2*1-2;;;;;/h3-4H2,1-2H3;3H2,1-2H3;1H2,2H3;1H;2*1H4;1H3;;/q;;2*-1;;;-1;;. The second kappa shape index (κ2) is 179. The topological polar surface area (TPSA) is 17.1 Å². The van der Waals surface area contributed by atoms with Crippen molar-refractivity contribution in [3.05, 3.63) is 14.4 Å². The van der Waals surface area contributed by atoms with Crippen LogP contribution in [-0.2, 0) is 70.2 Å². The zero-order chi connectivity index (χ0) is 10.1. The summed E-state index contributed by atoms with van der Waals surface area (Å²) in [6.45, 7) is 16.9. The predicted octanol–water partition coefficient (Wildman–Crippen LogP) is 5.51. The molecular weight excluding hydrogens is 350 g/mol. The molecule has 0 aromatic carbocycles. The van der Waals surface area contributed by atoms with Gasteiger partial charge in [0.05, 0.1) is 0 Å². The normalized spacial score (nSPS) is 3.62. The molecule has 0 aliphatic carbocycles. The molecule has 0 bridgehead atoms. The van der Waals surface area contributed by atoms with Crippen LogP contribution in [0.3, 0.4) is 0 Å². The fourth-order valence-corrected chi connectivity index (χ4v) is 0. The molecule has 102 valence electrons. The fraction of sp³-hybridized carbons (Fsp3) is 0.769. The van der Waals surface area contributed by atoms with Crippen LogP contribution in [0.1, 0.15) is 68.7 Å². The van der Waals surface area contributed by atoms with Crippen molar-refractivity contribution in [3.63, 3.8) is 0 Å². The molecule has 16 heavy (non-hydrogen) atoms. The molecule has 0 saturated carbocycles. The minimum Gasteiger partial charge on any atom is -0.545 e. The molecule has 0 unspecified atom stereocenters. The maximum Gasteiger partial charge on any atom is 0 e. The first-order valence-corrected chi connectivity index (χ1v) is 4.27. The summed E-state index contributed by atoms with van der Waals surface area (Å²) in [7, 11) is 0. The third kappa shape index (κ3) is 424. The molecule has 0 fully saturated rings. The number of rotatable bonds is 1. The van der Waals surface area contributed by atoms with Crippen molar-refractivity contribution in [1.82, 2.24) is 0 Å². The van der Waals surface area contributed by atoms with Crippen LogP contribution >= 0.6 is 0 Å². The van der Waals surface area contributed by atoms with Gasteiger partial charge in [-0.1, -0.05) is 61.8 Å². The zero-order valence-electron chi connectivity index (χ0n) is 11.0. The summed E-state index contributed by atoms with van der Waals surface area (Å²) < 4.78 is 0. The van der Waals surface area contributed by atoms with Crippen molar-refractivity contribution in [3.8, 4) is 0 Å². The summed E-state index contributed by atoms with van der Waals surface area (Å²) in [5.74, 6) is 0. The fourth-order valence-electron chi connectivity index (χ4n) is 0. The first-order chi connectivity index (χ1) is 5.33. The molecule has 0 heterocycles. The van der Waals surface area contributed by atoms with Gasteiger partial charge in [-0.15, -0.1) is 0 Å². The largest absolute Gasteiger partial charge is 0.545 e. The van der Waals surface area contributed by atoms with E-state index in [2.05, 4.69) is 41.4 Å². The molecule has 0 aliphatic heterocycles. The van der Waals surface area contributed by atoms with E-state index in [1.165, 1.54) is 19.3 Å². The quantitative estimate of drug-likeness (QED) is 0.430. The Morgan fingerprint density at radius 2 is 0.875 bits per heavy atom.